The number of alkyl halides is 3. The van der Waals surface area contributed by atoms with Gasteiger partial charge in [0.25, 0.3) is 0 Å². The predicted molar refractivity (Wildman–Crippen MR) is 69.7 cm³/mol. The number of nitrogens with two attached hydrogens (primary N) is 1. The fraction of sp³-hybridized carbons (Fsp3) is 0.583. The number of rotatable bonds is 5. The molecule has 0 spiro atoms. The van der Waals surface area contributed by atoms with Crippen LogP contribution in [0.1, 0.15) is 28.9 Å². The van der Waals surface area contributed by atoms with Crippen molar-refractivity contribution >= 4 is 27.8 Å². The number of hydrogen-bond donors (Lipinski definition) is 1. The Balaban J connectivity index is 2.04. The first-order valence-corrected chi connectivity index (χ1v) is 6.81. The van der Waals surface area contributed by atoms with Gasteiger partial charge in [0.05, 0.1) is 22.0 Å². The van der Waals surface area contributed by atoms with E-state index in [1.807, 2.05) is 0 Å². The first-order valence-electron chi connectivity index (χ1n) is 5.99. The molecule has 7 heteroatoms. The topological polar surface area (TPSA) is 46.3 Å². The molecule has 0 atom stereocenters. The zero-order valence-electron chi connectivity index (χ0n) is 10.5. The van der Waals surface area contributed by atoms with Gasteiger partial charge in [0, 0.05) is 19.5 Å². The van der Waals surface area contributed by atoms with Gasteiger partial charge < -0.3 is 10.6 Å². The first kappa shape index (κ1) is 14.2. The van der Waals surface area contributed by atoms with Crippen molar-refractivity contribution in [2.24, 2.45) is 5.92 Å². The second-order valence-corrected chi connectivity index (χ2v) is 5.83. The Hall–Kier alpha value is -1.24. The van der Waals surface area contributed by atoms with Crippen LogP contribution in [0, 0.1) is 5.92 Å². The van der Waals surface area contributed by atoms with Crippen molar-refractivity contribution in [3.8, 4) is 0 Å². The summed E-state index contributed by atoms with van der Waals surface area (Å²) in [7, 11) is 1.57. The van der Waals surface area contributed by atoms with Crippen LogP contribution in [0.2, 0.25) is 0 Å². The Labute approximate surface area is 113 Å². The normalized spacial score (nSPS) is 15.6. The summed E-state index contributed by atoms with van der Waals surface area (Å²) >= 11 is 1.18. The van der Waals surface area contributed by atoms with Crippen LogP contribution < -0.4 is 10.6 Å². The Morgan fingerprint density at radius 1 is 1.53 bits per heavy atom. The lowest BCUT2D eigenvalue weighted by atomic mass is 10.2. The Kier molecular flexibility index (Phi) is 3.75. The maximum absolute atomic E-state index is 12.2. The number of ketones is 1. The van der Waals surface area contributed by atoms with E-state index < -0.39 is 12.6 Å². The highest BCUT2D eigenvalue weighted by molar-refractivity contribution is 7.18. The number of nitrogen functional groups attached to an aromatic ring is 1. The van der Waals surface area contributed by atoms with Crippen molar-refractivity contribution in [2.75, 3.05) is 24.2 Å². The molecule has 19 heavy (non-hydrogen) atoms. The largest absolute Gasteiger partial charge is 0.397 e. The van der Waals surface area contributed by atoms with Crippen LogP contribution in [-0.2, 0) is 0 Å². The first-order chi connectivity index (χ1) is 8.78. The lowest BCUT2D eigenvalue weighted by molar-refractivity contribution is -0.132. The molecule has 2 N–H and O–H groups in total. The monoisotopic (exact) mass is 292 g/mol. The molecule has 1 aromatic heterocycles. The second-order valence-electron chi connectivity index (χ2n) is 4.79. The molecule has 0 aromatic carbocycles. The SMILES string of the molecule is CN(CCC(F)(F)F)c1cc(N)c(C(=O)C2CC2)s1. The molecule has 1 aliphatic carbocycles. The lowest BCUT2D eigenvalue weighted by Crippen LogP contribution is -2.23. The van der Waals surface area contributed by atoms with E-state index in [1.165, 1.54) is 16.2 Å². The molecule has 0 saturated heterocycles. The van der Waals surface area contributed by atoms with Crippen LogP contribution in [0.5, 0.6) is 0 Å². The van der Waals surface area contributed by atoms with Gasteiger partial charge in [0.15, 0.2) is 5.78 Å². The molecule has 1 fully saturated rings. The van der Waals surface area contributed by atoms with Gasteiger partial charge in [0.2, 0.25) is 0 Å². The molecule has 1 saturated carbocycles. The van der Waals surface area contributed by atoms with Crippen molar-refractivity contribution in [1.29, 1.82) is 0 Å². The standard InChI is InChI=1S/C12H15F3N2OS/c1-17(5-4-12(13,14)15)9-6-8(16)11(19-9)10(18)7-2-3-7/h6-7H,2-5,16H2,1H3. The summed E-state index contributed by atoms with van der Waals surface area (Å²) in [6.07, 6.45) is -3.29. The van der Waals surface area contributed by atoms with E-state index >= 15 is 0 Å². The van der Waals surface area contributed by atoms with Gasteiger partial charge in [-0.1, -0.05) is 0 Å². The Morgan fingerprint density at radius 3 is 2.68 bits per heavy atom. The van der Waals surface area contributed by atoms with E-state index in [-0.39, 0.29) is 18.2 Å². The molecular formula is C12H15F3N2OS. The third-order valence-corrected chi connectivity index (χ3v) is 4.31. The van der Waals surface area contributed by atoms with Crippen LogP contribution in [-0.4, -0.2) is 25.6 Å². The summed E-state index contributed by atoms with van der Waals surface area (Å²) in [4.78, 5) is 13.9. The maximum Gasteiger partial charge on any atom is 0.390 e. The number of carbonyl (C=O) groups is 1. The third kappa shape index (κ3) is 3.62. The fourth-order valence-corrected chi connectivity index (χ4v) is 2.79. The third-order valence-electron chi connectivity index (χ3n) is 3.03. The van der Waals surface area contributed by atoms with Gasteiger partial charge in [-0.05, 0) is 18.9 Å². The van der Waals surface area contributed by atoms with Crippen molar-refractivity contribution < 1.29 is 18.0 Å². The van der Waals surface area contributed by atoms with Gasteiger partial charge in [-0.3, -0.25) is 4.79 Å². The molecule has 0 amide bonds. The number of anilines is 2. The fourth-order valence-electron chi connectivity index (χ4n) is 1.71. The number of nitrogens with zero attached hydrogens (tertiary/aromatic N) is 1. The highest BCUT2D eigenvalue weighted by Gasteiger charge is 2.33. The number of thiophene rings is 1. The van der Waals surface area contributed by atoms with E-state index in [0.717, 1.165) is 12.8 Å². The minimum Gasteiger partial charge on any atom is -0.397 e. The van der Waals surface area contributed by atoms with Crippen LogP contribution >= 0.6 is 11.3 Å². The average molecular weight is 292 g/mol. The number of halogens is 3. The summed E-state index contributed by atoms with van der Waals surface area (Å²) in [5.41, 5.74) is 6.14. The molecule has 0 radical (unpaired) electrons. The molecule has 106 valence electrons. The van der Waals surface area contributed by atoms with E-state index in [1.54, 1.807) is 13.1 Å². The highest BCUT2D eigenvalue weighted by Crippen LogP contribution is 2.39. The van der Waals surface area contributed by atoms with Crippen LogP contribution in [0.3, 0.4) is 0 Å². The summed E-state index contributed by atoms with van der Waals surface area (Å²) in [6.45, 7) is -0.138. The minimum atomic E-state index is -4.18. The predicted octanol–water partition coefficient (Wildman–Crippen LogP) is 3.31. The Morgan fingerprint density at radius 2 is 2.16 bits per heavy atom. The quantitative estimate of drug-likeness (QED) is 0.847. The van der Waals surface area contributed by atoms with Crippen molar-refractivity contribution in [3.05, 3.63) is 10.9 Å². The zero-order valence-corrected chi connectivity index (χ0v) is 11.3. The molecule has 0 bridgehead atoms. The summed E-state index contributed by atoms with van der Waals surface area (Å²) in [6, 6.07) is 1.58. The van der Waals surface area contributed by atoms with Gasteiger partial charge >= 0.3 is 6.18 Å². The number of hydrogen-bond acceptors (Lipinski definition) is 4. The van der Waals surface area contributed by atoms with E-state index in [2.05, 4.69) is 0 Å². The van der Waals surface area contributed by atoms with Crippen LogP contribution in [0.25, 0.3) is 0 Å². The minimum absolute atomic E-state index is 0.0259. The smallest absolute Gasteiger partial charge is 0.390 e. The van der Waals surface area contributed by atoms with E-state index in [0.29, 0.717) is 15.6 Å². The van der Waals surface area contributed by atoms with Gasteiger partial charge in [-0.25, -0.2) is 0 Å². The highest BCUT2D eigenvalue weighted by atomic mass is 32.1. The van der Waals surface area contributed by atoms with Gasteiger partial charge in [-0.2, -0.15) is 13.2 Å². The zero-order chi connectivity index (χ0) is 14.2. The van der Waals surface area contributed by atoms with Gasteiger partial charge in [0.1, 0.15) is 0 Å². The molecular weight excluding hydrogens is 277 g/mol. The molecule has 1 heterocycles. The van der Waals surface area contributed by atoms with E-state index in [4.69, 9.17) is 5.73 Å². The summed E-state index contributed by atoms with van der Waals surface area (Å²) in [5, 5.41) is 0.603. The molecule has 0 unspecified atom stereocenters. The molecule has 3 nitrogen and oxygen atoms in total. The van der Waals surface area contributed by atoms with Crippen molar-refractivity contribution in [3.63, 3.8) is 0 Å². The maximum atomic E-state index is 12.2. The van der Waals surface area contributed by atoms with Crippen LogP contribution in [0.4, 0.5) is 23.9 Å². The van der Waals surface area contributed by atoms with E-state index in [9.17, 15) is 18.0 Å². The molecule has 0 aliphatic heterocycles. The second kappa shape index (κ2) is 5.03. The number of Topliss-reactive ketones (excluding diaryl/α,β-unsaturated/α-hetero) is 1. The average Bonchev–Trinajstić information content (AvgIpc) is 3.08. The van der Waals surface area contributed by atoms with Gasteiger partial charge in [-0.15, -0.1) is 11.3 Å². The summed E-state index contributed by atoms with van der Waals surface area (Å²) < 4.78 is 36.5. The molecule has 2 rings (SSSR count). The molecule has 1 aliphatic rings. The summed E-state index contributed by atoms with van der Waals surface area (Å²) in [5.74, 6) is 0.0900. The molecule has 1 aromatic rings. The number of carbonyl (C=O) groups excluding carboxylic acids is 1. The van der Waals surface area contributed by atoms with Crippen molar-refractivity contribution in [2.45, 2.75) is 25.4 Å². The lowest BCUT2D eigenvalue weighted by Gasteiger charge is -2.17. The van der Waals surface area contributed by atoms with Crippen LogP contribution in [0.15, 0.2) is 6.07 Å². The van der Waals surface area contributed by atoms with Crippen molar-refractivity contribution in [1.82, 2.24) is 0 Å². The Bertz CT molecular complexity index is 480.